The molecular formula is C32H34FN3O4. The van der Waals surface area contributed by atoms with Crippen molar-refractivity contribution in [3.05, 3.63) is 71.4 Å². The standard InChI is InChI=1S/C32H34FN3O4/c1-18(2)28-29(31(32(38)39)35-30(28)25-16-20(33)17-26-22(25)7-10-34-26)24-14-19(3)15-27-23(24)8-12-36(27)11-5-6-21(37)9-13-40-4/h7-8,10,12,14-18,34-35H,5-6,9,11,13H2,1-4H3,(H,38,39). The maximum Gasteiger partial charge on any atom is 0.352 e. The first-order valence-corrected chi connectivity index (χ1v) is 13.6. The van der Waals surface area contributed by atoms with E-state index in [1.807, 2.05) is 45.2 Å². The minimum absolute atomic E-state index is 0.0534. The summed E-state index contributed by atoms with van der Waals surface area (Å²) in [5, 5.41) is 12.1. The molecule has 3 aromatic heterocycles. The SMILES string of the molecule is COCCC(=O)CCCn1ccc2c(-c3c(C(=O)O)[nH]c(-c4cc(F)cc5[nH]ccc45)c3C(C)C)cc(C)cc21. The van der Waals surface area contributed by atoms with Crippen LogP contribution in [0.3, 0.4) is 0 Å². The Bertz CT molecular complexity index is 1720. The number of carbonyl (C=O) groups is 2. The number of benzene rings is 2. The molecule has 0 saturated heterocycles. The molecular weight excluding hydrogens is 509 g/mol. The number of methoxy groups -OCH3 is 1. The fourth-order valence-electron chi connectivity index (χ4n) is 5.71. The van der Waals surface area contributed by atoms with E-state index in [-0.39, 0.29) is 17.4 Å². The van der Waals surface area contributed by atoms with E-state index in [0.29, 0.717) is 54.8 Å². The Labute approximate surface area is 232 Å². The highest BCUT2D eigenvalue weighted by Crippen LogP contribution is 2.44. The Morgan fingerprint density at radius 1 is 1.07 bits per heavy atom. The summed E-state index contributed by atoms with van der Waals surface area (Å²) in [6, 6.07) is 10.9. The molecule has 0 bridgehead atoms. The van der Waals surface area contributed by atoms with Crippen molar-refractivity contribution < 1.29 is 23.8 Å². The van der Waals surface area contributed by atoms with Crippen molar-refractivity contribution in [2.45, 2.75) is 52.5 Å². The lowest BCUT2D eigenvalue weighted by Crippen LogP contribution is -2.05. The van der Waals surface area contributed by atoms with Gasteiger partial charge in [0.25, 0.3) is 0 Å². The maximum absolute atomic E-state index is 14.7. The molecule has 0 aliphatic heterocycles. The predicted molar refractivity (Wildman–Crippen MR) is 155 cm³/mol. The Kier molecular flexibility index (Phi) is 7.63. The second-order valence-corrected chi connectivity index (χ2v) is 10.7. The molecule has 5 aromatic rings. The molecule has 8 heteroatoms. The lowest BCUT2D eigenvalue weighted by atomic mass is 9.88. The average molecular weight is 544 g/mol. The van der Waals surface area contributed by atoms with Crippen LogP contribution in [0.15, 0.2) is 48.8 Å². The van der Waals surface area contributed by atoms with Crippen LogP contribution in [0, 0.1) is 12.7 Å². The Morgan fingerprint density at radius 3 is 2.60 bits per heavy atom. The average Bonchev–Trinajstić information content (AvgIpc) is 3.63. The number of aromatic amines is 2. The number of aryl methyl sites for hydroxylation is 2. The number of nitrogens with zero attached hydrogens (tertiary/aromatic N) is 1. The molecule has 7 nitrogen and oxygen atoms in total. The van der Waals surface area contributed by atoms with E-state index < -0.39 is 11.8 Å². The van der Waals surface area contributed by atoms with Gasteiger partial charge in [0.15, 0.2) is 0 Å². The molecule has 0 atom stereocenters. The second kappa shape index (κ2) is 11.1. The van der Waals surface area contributed by atoms with Gasteiger partial charge in [-0.2, -0.15) is 0 Å². The van der Waals surface area contributed by atoms with Gasteiger partial charge in [0.05, 0.1) is 12.3 Å². The first kappa shape index (κ1) is 27.4. The number of aromatic carboxylic acids is 1. The fourth-order valence-corrected chi connectivity index (χ4v) is 5.71. The summed E-state index contributed by atoms with van der Waals surface area (Å²) in [6.07, 6.45) is 5.34. The van der Waals surface area contributed by atoms with Crippen LogP contribution in [-0.2, 0) is 16.1 Å². The fraction of sp³-hybridized carbons (Fsp3) is 0.312. The number of H-pyrrole nitrogens is 2. The number of halogens is 1. The number of ether oxygens (including phenoxy) is 1. The molecule has 0 spiro atoms. The van der Waals surface area contributed by atoms with Crippen LogP contribution in [0.2, 0.25) is 0 Å². The third-order valence-corrected chi connectivity index (χ3v) is 7.47. The molecule has 3 heterocycles. The lowest BCUT2D eigenvalue weighted by Gasteiger charge is -2.15. The van der Waals surface area contributed by atoms with E-state index in [1.54, 1.807) is 13.3 Å². The summed E-state index contributed by atoms with van der Waals surface area (Å²) in [6.45, 7) is 7.14. The van der Waals surface area contributed by atoms with Crippen LogP contribution >= 0.6 is 0 Å². The van der Waals surface area contributed by atoms with Gasteiger partial charge in [0, 0.05) is 71.8 Å². The van der Waals surface area contributed by atoms with Gasteiger partial charge < -0.3 is 24.4 Å². The molecule has 0 radical (unpaired) electrons. The lowest BCUT2D eigenvalue weighted by molar-refractivity contribution is -0.120. The van der Waals surface area contributed by atoms with Crippen LogP contribution < -0.4 is 0 Å². The molecule has 40 heavy (non-hydrogen) atoms. The zero-order valence-corrected chi connectivity index (χ0v) is 23.2. The van der Waals surface area contributed by atoms with Gasteiger partial charge >= 0.3 is 5.97 Å². The second-order valence-electron chi connectivity index (χ2n) is 10.7. The number of carbonyl (C=O) groups excluding carboxylic acids is 1. The summed E-state index contributed by atoms with van der Waals surface area (Å²) in [5.74, 6) is -1.35. The number of hydrogen-bond acceptors (Lipinski definition) is 3. The molecule has 0 aliphatic rings. The quantitative estimate of drug-likeness (QED) is 0.161. The van der Waals surface area contributed by atoms with Crippen LogP contribution in [-0.4, -0.2) is 45.1 Å². The van der Waals surface area contributed by atoms with Gasteiger partial charge in [-0.1, -0.05) is 19.9 Å². The van der Waals surface area contributed by atoms with Crippen molar-refractivity contribution in [2.75, 3.05) is 13.7 Å². The number of nitrogens with one attached hydrogen (secondary N) is 2. The number of hydrogen-bond donors (Lipinski definition) is 3. The molecule has 3 N–H and O–H groups in total. The normalized spacial score (nSPS) is 11.8. The number of aromatic nitrogens is 3. The molecule has 208 valence electrons. The van der Waals surface area contributed by atoms with Crippen LogP contribution in [0.5, 0.6) is 0 Å². The topological polar surface area (TPSA) is 100 Å². The highest BCUT2D eigenvalue weighted by atomic mass is 19.1. The molecule has 0 saturated carbocycles. The zero-order valence-electron chi connectivity index (χ0n) is 23.2. The first-order chi connectivity index (χ1) is 19.2. The van der Waals surface area contributed by atoms with Gasteiger partial charge in [-0.15, -0.1) is 0 Å². The summed E-state index contributed by atoms with van der Waals surface area (Å²) < 4.78 is 21.8. The van der Waals surface area contributed by atoms with Crippen molar-refractivity contribution in [1.82, 2.24) is 14.5 Å². The highest BCUT2D eigenvalue weighted by molar-refractivity contribution is 6.07. The molecule has 0 amide bonds. The molecule has 2 aromatic carbocycles. The van der Waals surface area contributed by atoms with Crippen LogP contribution in [0.25, 0.3) is 44.2 Å². The summed E-state index contributed by atoms with van der Waals surface area (Å²) in [5.41, 5.74) is 6.18. The van der Waals surface area contributed by atoms with E-state index in [2.05, 4.69) is 20.6 Å². The van der Waals surface area contributed by atoms with Crippen LogP contribution in [0.4, 0.5) is 4.39 Å². The van der Waals surface area contributed by atoms with E-state index in [0.717, 1.165) is 33.0 Å². The number of carboxylic acids is 1. The number of rotatable bonds is 11. The predicted octanol–water partition coefficient (Wildman–Crippen LogP) is 7.44. The van der Waals surface area contributed by atoms with Gasteiger partial charge in [-0.3, -0.25) is 4.79 Å². The summed E-state index contributed by atoms with van der Waals surface area (Å²) in [4.78, 5) is 31.0. The van der Waals surface area contributed by atoms with Crippen molar-refractivity contribution >= 4 is 33.6 Å². The Hall–Kier alpha value is -4.17. The van der Waals surface area contributed by atoms with Crippen molar-refractivity contribution in [1.29, 1.82) is 0 Å². The van der Waals surface area contributed by atoms with E-state index in [9.17, 15) is 19.1 Å². The van der Waals surface area contributed by atoms with Crippen molar-refractivity contribution in [3.63, 3.8) is 0 Å². The maximum atomic E-state index is 14.7. The van der Waals surface area contributed by atoms with Gasteiger partial charge in [0.2, 0.25) is 0 Å². The molecule has 0 unspecified atom stereocenters. The summed E-state index contributed by atoms with van der Waals surface area (Å²) >= 11 is 0. The van der Waals surface area contributed by atoms with E-state index >= 15 is 0 Å². The summed E-state index contributed by atoms with van der Waals surface area (Å²) in [7, 11) is 1.59. The first-order valence-electron chi connectivity index (χ1n) is 13.6. The monoisotopic (exact) mass is 543 g/mol. The minimum Gasteiger partial charge on any atom is -0.477 e. The Morgan fingerprint density at radius 2 is 1.88 bits per heavy atom. The number of ketones is 1. The minimum atomic E-state index is -1.08. The third-order valence-electron chi connectivity index (χ3n) is 7.47. The Balaban J connectivity index is 1.65. The molecule has 5 rings (SSSR count). The van der Waals surface area contributed by atoms with Crippen molar-refractivity contribution in [3.8, 4) is 22.4 Å². The number of Topliss-reactive ketones (excluding diaryl/α,β-unsaturated/α-hetero) is 1. The number of carboxylic acid groups (broad SMARTS) is 1. The number of fused-ring (bicyclic) bond motifs is 2. The highest BCUT2D eigenvalue weighted by Gasteiger charge is 2.28. The van der Waals surface area contributed by atoms with Crippen molar-refractivity contribution in [2.24, 2.45) is 0 Å². The van der Waals surface area contributed by atoms with Gasteiger partial charge in [0.1, 0.15) is 17.3 Å². The smallest absolute Gasteiger partial charge is 0.352 e. The van der Waals surface area contributed by atoms with Gasteiger partial charge in [-0.05, 0) is 66.3 Å². The van der Waals surface area contributed by atoms with Gasteiger partial charge in [-0.25, -0.2) is 9.18 Å². The van der Waals surface area contributed by atoms with Crippen LogP contribution in [0.1, 0.15) is 60.6 Å². The van der Waals surface area contributed by atoms with E-state index in [1.165, 1.54) is 12.1 Å². The molecule has 0 fully saturated rings. The zero-order chi connectivity index (χ0) is 28.6. The van der Waals surface area contributed by atoms with E-state index in [4.69, 9.17) is 4.74 Å². The molecule has 0 aliphatic carbocycles. The largest absolute Gasteiger partial charge is 0.477 e. The third kappa shape index (κ3) is 5.07.